The van der Waals surface area contributed by atoms with Crippen LogP contribution >= 0.6 is 0 Å². The van der Waals surface area contributed by atoms with Gasteiger partial charge in [-0.1, -0.05) is 35.7 Å². The monoisotopic (exact) mass is 421 g/mol. The summed E-state index contributed by atoms with van der Waals surface area (Å²) in [6.45, 7) is 5.05. The largest absolute Gasteiger partial charge is 0.508 e. The van der Waals surface area contributed by atoms with Crippen LogP contribution in [0.15, 0.2) is 48.5 Å². The molecule has 1 heterocycles. The Bertz CT molecular complexity index is 1170. The third-order valence-electron chi connectivity index (χ3n) is 4.60. The first-order chi connectivity index (χ1) is 14.5. The third-order valence-corrected chi connectivity index (χ3v) is 4.60. The van der Waals surface area contributed by atoms with Gasteiger partial charge in [0.1, 0.15) is 22.9 Å². The van der Waals surface area contributed by atoms with E-state index in [1.54, 1.807) is 20.9 Å². The number of aromatic hydroxyl groups is 1. The molecule has 0 aliphatic rings. The number of phenols is 1. The number of amides is 1. The molecule has 0 saturated heterocycles. The predicted molar refractivity (Wildman–Crippen MR) is 115 cm³/mol. The van der Waals surface area contributed by atoms with Gasteiger partial charge in [-0.25, -0.2) is 4.39 Å². The zero-order valence-corrected chi connectivity index (χ0v) is 17.8. The Morgan fingerprint density at radius 2 is 1.87 bits per heavy atom. The minimum Gasteiger partial charge on any atom is -0.508 e. The van der Waals surface area contributed by atoms with Crippen LogP contribution in [0.2, 0.25) is 0 Å². The van der Waals surface area contributed by atoms with Crippen molar-refractivity contribution in [3.63, 3.8) is 0 Å². The van der Waals surface area contributed by atoms with Gasteiger partial charge in [-0.3, -0.25) is 9.48 Å². The molecule has 160 valence electrons. The van der Waals surface area contributed by atoms with Crippen molar-refractivity contribution in [3.8, 4) is 17.6 Å². The molecule has 0 saturated carbocycles. The number of nitrogens with one attached hydrogen (secondary N) is 1. The van der Waals surface area contributed by atoms with Crippen LogP contribution in [-0.2, 0) is 7.05 Å². The van der Waals surface area contributed by atoms with Crippen LogP contribution in [-0.4, -0.2) is 31.5 Å². The predicted octanol–water partition coefficient (Wildman–Crippen LogP) is 3.22. The van der Waals surface area contributed by atoms with Gasteiger partial charge in [0.25, 0.3) is 5.91 Å². The number of phenolic OH excluding ortho intramolecular Hbond substituents is 1. The van der Waals surface area contributed by atoms with Crippen LogP contribution < -0.4 is 5.32 Å². The Labute approximate surface area is 180 Å². The van der Waals surface area contributed by atoms with Crippen molar-refractivity contribution in [3.05, 3.63) is 82.4 Å². The van der Waals surface area contributed by atoms with E-state index < -0.39 is 23.4 Å². The van der Waals surface area contributed by atoms with E-state index in [0.29, 0.717) is 11.3 Å². The van der Waals surface area contributed by atoms with Crippen molar-refractivity contribution in [2.45, 2.75) is 32.4 Å². The fourth-order valence-electron chi connectivity index (χ4n) is 2.97. The van der Waals surface area contributed by atoms with Crippen molar-refractivity contribution < 1.29 is 19.4 Å². The summed E-state index contributed by atoms with van der Waals surface area (Å²) in [5.41, 5.74) is 1.31. The zero-order valence-electron chi connectivity index (χ0n) is 17.8. The molecule has 1 unspecified atom stereocenters. The Morgan fingerprint density at radius 3 is 2.52 bits per heavy atom. The highest BCUT2D eigenvalue weighted by Crippen LogP contribution is 2.30. The van der Waals surface area contributed by atoms with Crippen LogP contribution in [0.1, 0.15) is 52.8 Å². The average molecular weight is 421 g/mol. The van der Waals surface area contributed by atoms with Gasteiger partial charge in [-0.2, -0.15) is 5.10 Å². The van der Waals surface area contributed by atoms with Crippen LogP contribution in [0.3, 0.4) is 0 Å². The molecule has 31 heavy (non-hydrogen) atoms. The van der Waals surface area contributed by atoms with Gasteiger partial charge < -0.3 is 15.5 Å². The zero-order chi connectivity index (χ0) is 22.8. The maximum Gasteiger partial charge on any atom is 0.272 e. The number of nitrogens with zero attached hydrogens (tertiary/aromatic N) is 2. The SMILES string of the molecule is Cc1ccc(C(NC(=O)c2cc(C#CC(C)(C)O)n(C)n2)c2cc(F)ccc2O)cc1. The summed E-state index contributed by atoms with van der Waals surface area (Å²) < 4.78 is 15.3. The minimum atomic E-state index is -1.18. The number of aliphatic hydroxyl groups is 1. The molecule has 0 bridgehead atoms. The molecule has 1 atom stereocenters. The normalized spacial score (nSPS) is 12.1. The van der Waals surface area contributed by atoms with Crippen molar-refractivity contribution in [1.82, 2.24) is 15.1 Å². The lowest BCUT2D eigenvalue weighted by atomic mass is 9.96. The summed E-state index contributed by atoms with van der Waals surface area (Å²) in [6.07, 6.45) is 0. The molecule has 1 aromatic heterocycles. The third kappa shape index (κ3) is 5.50. The first kappa shape index (κ1) is 22.1. The van der Waals surface area contributed by atoms with E-state index in [1.165, 1.54) is 22.9 Å². The highest BCUT2D eigenvalue weighted by molar-refractivity contribution is 5.93. The summed E-state index contributed by atoms with van der Waals surface area (Å²) in [5, 5.41) is 27.1. The summed E-state index contributed by atoms with van der Waals surface area (Å²) in [7, 11) is 1.64. The second-order valence-electron chi connectivity index (χ2n) is 7.87. The van der Waals surface area contributed by atoms with Gasteiger partial charge in [0.05, 0.1) is 6.04 Å². The van der Waals surface area contributed by atoms with E-state index in [4.69, 9.17) is 0 Å². The van der Waals surface area contributed by atoms with E-state index in [2.05, 4.69) is 22.3 Å². The van der Waals surface area contributed by atoms with Crippen molar-refractivity contribution in [2.24, 2.45) is 7.05 Å². The van der Waals surface area contributed by atoms with E-state index in [-0.39, 0.29) is 17.0 Å². The lowest BCUT2D eigenvalue weighted by Crippen LogP contribution is -2.30. The molecule has 0 aliphatic heterocycles. The molecule has 0 aliphatic carbocycles. The molecular formula is C24H24FN3O3. The smallest absolute Gasteiger partial charge is 0.272 e. The lowest BCUT2D eigenvalue weighted by Gasteiger charge is -2.20. The van der Waals surface area contributed by atoms with Crippen molar-refractivity contribution in [1.29, 1.82) is 0 Å². The molecule has 3 aromatic rings. The Hall–Kier alpha value is -3.63. The summed E-state index contributed by atoms with van der Waals surface area (Å²) >= 11 is 0. The van der Waals surface area contributed by atoms with Crippen LogP contribution in [0, 0.1) is 24.6 Å². The number of hydrogen-bond donors (Lipinski definition) is 3. The van der Waals surface area contributed by atoms with Crippen molar-refractivity contribution >= 4 is 5.91 Å². The number of aryl methyl sites for hydroxylation is 2. The molecule has 6 nitrogen and oxygen atoms in total. The van der Waals surface area contributed by atoms with E-state index >= 15 is 0 Å². The number of rotatable bonds is 4. The first-order valence-electron chi connectivity index (χ1n) is 9.69. The highest BCUT2D eigenvalue weighted by Gasteiger charge is 2.23. The fraction of sp³-hybridized carbons (Fsp3) is 0.250. The fourth-order valence-corrected chi connectivity index (χ4v) is 2.97. The van der Waals surface area contributed by atoms with Gasteiger partial charge in [-0.15, -0.1) is 0 Å². The Balaban J connectivity index is 1.96. The lowest BCUT2D eigenvalue weighted by molar-refractivity contribution is 0.0936. The second kappa shape index (κ2) is 8.62. The molecule has 0 fully saturated rings. The van der Waals surface area contributed by atoms with Crippen LogP contribution in [0.4, 0.5) is 4.39 Å². The number of hydrogen-bond acceptors (Lipinski definition) is 4. The maximum absolute atomic E-state index is 13.9. The standard InChI is InChI=1S/C24H24FN3O3/c1-15-5-7-16(8-6-15)22(19-13-17(25)9-10-21(19)29)26-23(30)20-14-18(28(4)27-20)11-12-24(2,3)31/h5-10,13-14,22,29,31H,1-4H3,(H,26,30). The first-order valence-corrected chi connectivity index (χ1v) is 9.69. The number of benzene rings is 2. The molecule has 0 spiro atoms. The summed E-state index contributed by atoms with van der Waals surface area (Å²) in [4.78, 5) is 13.0. The van der Waals surface area contributed by atoms with Crippen molar-refractivity contribution in [2.75, 3.05) is 0 Å². The Morgan fingerprint density at radius 1 is 1.19 bits per heavy atom. The summed E-state index contributed by atoms with van der Waals surface area (Å²) in [6, 6.07) is 11.7. The van der Waals surface area contributed by atoms with Crippen LogP contribution in [0.5, 0.6) is 5.75 Å². The van der Waals surface area contributed by atoms with Gasteiger partial charge in [0.2, 0.25) is 0 Å². The van der Waals surface area contributed by atoms with Gasteiger partial charge in [0, 0.05) is 18.7 Å². The average Bonchev–Trinajstić information content (AvgIpc) is 3.07. The van der Waals surface area contributed by atoms with E-state index in [0.717, 1.165) is 11.6 Å². The molecule has 7 heteroatoms. The highest BCUT2D eigenvalue weighted by atomic mass is 19.1. The van der Waals surface area contributed by atoms with E-state index in [1.807, 2.05) is 31.2 Å². The molecule has 3 rings (SSSR count). The maximum atomic E-state index is 13.9. The topological polar surface area (TPSA) is 87.4 Å². The molecule has 0 radical (unpaired) electrons. The molecule has 2 aromatic carbocycles. The van der Waals surface area contributed by atoms with Gasteiger partial charge >= 0.3 is 0 Å². The molecular weight excluding hydrogens is 397 g/mol. The van der Waals surface area contributed by atoms with Crippen LogP contribution in [0.25, 0.3) is 0 Å². The van der Waals surface area contributed by atoms with E-state index in [9.17, 15) is 19.4 Å². The quantitative estimate of drug-likeness (QED) is 0.565. The van der Waals surface area contributed by atoms with Gasteiger partial charge in [0.15, 0.2) is 5.69 Å². The molecule has 1 amide bonds. The Kier molecular flexibility index (Phi) is 6.14. The van der Waals surface area contributed by atoms with Gasteiger partial charge in [-0.05, 0) is 50.5 Å². The number of carbonyl (C=O) groups is 1. The molecule has 3 N–H and O–H groups in total. The number of aromatic nitrogens is 2. The number of carbonyl (C=O) groups excluding carboxylic acids is 1. The summed E-state index contributed by atoms with van der Waals surface area (Å²) in [5.74, 6) is 4.31. The minimum absolute atomic E-state index is 0.107. The number of halogens is 1. The second-order valence-corrected chi connectivity index (χ2v) is 7.87.